The fourth-order valence-electron chi connectivity index (χ4n) is 2.59. The summed E-state index contributed by atoms with van der Waals surface area (Å²) in [5.41, 5.74) is 7.05. The predicted octanol–water partition coefficient (Wildman–Crippen LogP) is 3.83. The maximum atomic E-state index is 12.3. The highest BCUT2D eigenvalue weighted by molar-refractivity contribution is 6.34. The highest BCUT2D eigenvalue weighted by Crippen LogP contribution is 2.48. The molecule has 1 saturated carbocycles. The molecule has 23 heavy (non-hydrogen) atoms. The number of halogens is 2. The van der Waals surface area contributed by atoms with Crippen LogP contribution in [0.5, 0.6) is 0 Å². The highest BCUT2D eigenvalue weighted by atomic mass is 35.5. The van der Waals surface area contributed by atoms with Gasteiger partial charge in [0.2, 0.25) is 11.8 Å². The number of rotatable bonds is 4. The SMILES string of the molecule is NC(=O)c1cc(NC(=O)[C@H]2C[C@H]2c2ccc(Cl)cc2)ccc1Cl. The Morgan fingerprint density at radius 3 is 2.43 bits per heavy atom. The molecule has 2 amide bonds. The summed E-state index contributed by atoms with van der Waals surface area (Å²) in [7, 11) is 0. The second-order valence-electron chi connectivity index (χ2n) is 5.55. The van der Waals surface area contributed by atoms with Crippen LogP contribution in [-0.4, -0.2) is 11.8 Å². The lowest BCUT2D eigenvalue weighted by atomic mass is 10.1. The number of amides is 2. The Hall–Kier alpha value is -2.04. The molecule has 1 aliphatic rings. The first kappa shape index (κ1) is 15.8. The molecular formula is C17H14Cl2N2O2. The first-order valence-electron chi connectivity index (χ1n) is 7.11. The zero-order valence-corrected chi connectivity index (χ0v) is 13.6. The molecule has 3 rings (SSSR count). The van der Waals surface area contributed by atoms with Crippen molar-refractivity contribution in [3.8, 4) is 0 Å². The predicted molar refractivity (Wildman–Crippen MR) is 90.9 cm³/mol. The summed E-state index contributed by atoms with van der Waals surface area (Å²) in [6, 6.07) is 12.2. The van der Waals surface area contributed by atoms with E-state index in [1.807, 2.05) is 24.3 Å². The molecule has 1 fully saturated rings. The Bertz CT molecular complexity index is 775. The molecule has 0 aliphatic heterocycles. The van der Waals surface area contributed by atoms with E-state index in [0.717, 1.165) is 12.0 Å². The maximum absolute atomic E-state index is 12.3. The average Bonchev–Trinajstić information content (AvgIpc) is 3.30. The van der Waals surface area contributed by atoms with Gasteiger partial charge in [0.1, 0.15) is 0 Å². The minimum absolute atomic E-state index is 0.0797. The maximum Gasteiger partial charge on any atom is 0.250 e. The Labute approximate surface area is 143 Å². The summed E-state index contributed by atoms with van der Waals surface area (Å²) in [5.74, 6) is -0.585. The monoisotopic (exact) mass is 348 g/mol. The molecule has 2 atom stereocenters. The molecule has 0 radical (unpaired) electrons. The number of benzene rings is 2. The van der Waals surface area contributed by atoms with Gasteiger partial charge >= 0.3 is 0 Å². The third kappa shape index (κ3) is 3.49. The van der Waals surface area contributed by atoms with E-state index in [0.29, 0.717) is 10.7 Å². The van der Waals surface area contributed by atoms with Crippen molar-refractivity contribution < 1.29 is 9.59 Å². The lowest BCUT2D eigenvalue weighted by Crippen LogP contribution is -2.16. The van der Waals surface area contributed by atoms with Crippen LogP contribution < -0.4 is 11.1 Å². The molecule has 2 aromatic rings. The number of carbonyl (C=O) groups is 2. The van der Waals surface area contributed by atoms with Gasteiger partial charge in [-0.25, -0.2) is 0 Å². The van der Waals surface area contributed by atoms with Gasteiger partial charge in [-0.05, 0) is 48.2 Å². The highest BCUT2D eigenvalue weighted by Gasteiger charge is 2.43. The molecule has 0 unspecified atom stereocenters. The number of nitrogens with two attached hydrogens (primary N) is 1. The van der Waals surface area contributed by atoms with Gasteiger partial charge in [-0.1, -0.05) is 35.3 Å². The van der Waals surface area contributed by atoms with Crippen molar-refractivity contribution in [3.63, 3.8) is 0 Å². The molecule has 118 valence electrons. The number of primary amides is 1. The van der Waals surface area contributed by atoms with Gasteiger partial charge in [0, 0.05) is 16.6 Å². The van der Waals surface area contributed by atoms with Crippen LogP contribution in [0.3, 0.4) is 0 Å². The summed E-state index contributed by atoms with van der Waals surface area (Å²) in [4.78, 5) is 23.6. The molecule has 4 nitrogen and oxygen atoms in total. The van der Waals surface area contributed by atoms with E-state index < -0.39 is 5.91 Å². The fourth-order valence-corrected chi connectivity index (χ4v) is 2.93. The van der Waals surface area contributed by atoms with E-state index >= 15 is 0 Å². The summed E-state index contributed by atoms with van der Waals surface area (Å²) < 4.78 is 0. The zero-order chi connectivity index (χ0) is 16.6. The van der Waals surface area contributed by atoms with Gasteiger partial charge in [0.25, 0.3) is 0 Å². The van der Waals surface area contributed by atoms with Crippen LogP contribution in [0.25, 0.3) is 0 Å². The van der Waals surface area contributed by atoms with E-state index in [2.05, 4.69) is 5.32 Å². The van der Waals surface area contributed by atoms with E-state index in [-0.39, 0.29) is 28.3 Å². The summed E-state index contributed by atoms with van der Waals surface area (Å²) >= 11 is 11.8. The van der Waals surface area contributed by atoms with E-state index in [4.69, 9.17) is 28.9 Å². The zero-order valence-electron chi connectivity index (χ0n) is 12.1. The third-order valence-corrected chi connectivity index (χ3v) is 4.51. The summed E-state index contributed by atoms with van der Waals surface area (Å²) in [6.45, 7) is 0. The molecule has 6 heteroatoms. The molecule has 3 N–H and O–H groups in total. The molecule has 0 spiro atoms. The Morgan fingerprint density at radius 2 is 1.78 bits per heavy atom. The van der Waals surface area contributed by atoms with Crippen molar-refractivity contribution >= 4 is 40.7 Å². The van der Waals surface area contributed by atoms with Crippen molar-refractivity contribution in [2.45, 2.75) is 12.3 Å². The van der Waals surface area contributed by atoms with Crippen LogP contribution >= 0.6 is 23.2 Å². The molecular weight excluding hydrogens is 335 g/mol. The van der Waals surface area contributed by atoms with Gasteiger partial charge in [0.05, 0.1) is 10.6 Å². The number of hydrogen-bond acceptors (Lipinski definition) is 2. The average molecular weight is 349 g/mol. The van der Waals surface area contributed by atoms with Crippen molar-refractivity contribution in [1.29, 1.82) is 0 Å². The van der Waals surface area contributed by atoms with Gasteiger partial charge in [-0.15, -0.1) is 0 Å². The Balaban J connectivity index is 1.68. The van der Waals surface area contributed by atoms with Crippen molar-refractivity contribution in [3.05, 3.63) is 63.6 Å². The van der Waals surface area contributed by atoms with Crippen molar-refractivity contribution in [2.75, 3.05) is 5.32 Å². The van der Waals surface area contributed by atoms with Crippen LogP contribution in [0.2, 0.25) is 10.0 Å². The lowest BCUT2D eigenvalue weighted by molar-refractivity contribution is -0.117. The number of carbonyl (C=O) groups excluding carboxylic acids is 2. The topological polar surface area (TPSA) is 72.2 Å². The van der Waals surface area contributed by atoms with Gasteiger partial charge in [0.15, 0.2) is 0 Å². The van der Waals surface area contributed by atoms with Crippen molar-refractivity contribution in [2.24, 2.45) is 11.7 Å². The van der Waals surface area contributed by atoms with E-state index in [1.54, 1.807) is 12.1 Å². The van der Waals surface area contributed by atoms with Gasteiger partial charge < -0.3 is 11.1 Å². The lowest BCUT2D eigenvalue weighted by Gasteiger charge is -2.07. The number of hydrogen-bond donors (Lipinski definition) is 2. The third-order valence-electron chi connectivity index (χ3n) is 3.92. The number of nitrogens with one attached hydrogen (secondary N) is 1. The molecule has 2 aromatic carbocycles. The molecule has 0 aromatic heterocycles. The van der Waals surface area contributed by atoms with Gasteiger partial charge in [-0.2, -0.15) is 0 Å². The van der Waals surface area contributed by atoms with Crippen LogP contribution in [0.4, 0.5) is 5.69 Å². The summed E-state index contributed by atoms with van der Waals surface area (Å²) in [6.07, 6.45) is 0.795. The minimum Gasteiger partial charge on any atom is -0.366 e. The molecule has 0 heterocycles. The number of anilines is 1. The first-order valence-corrected chi connectivity index (χ1v) is 7.87. The normalized spacial score (nSPS) is 19.2. The molecule has 0 bridgehead atoms. The smallest absolute Gasteiger partial charge is 0.250 e. The quantitative estimate of drug-likeness (QED) is 0.880. The van der Waals surface area contributed by atoms with Crippen LogP contribution in [0, 0.1) is 5.92 Å². The second kappa shape index (κ2) is 6.22. The van der Waals surface area contributed by atoms with Crippen LogP contribution in [0.1, 0.15) is 28.3 Å². The Morgan fingerprint density at radius 1 is 1.09 bits per heavy atom. The second-order valence-corrected chi connectivity index (χ2v) is 6.39. The van der Waals surface area contributed by atoms with Crippen LogP contribution in [-0.2, 0) is 4.79 Å². The largest absolute Gasteiger partial charge is 0.366 e. The van der Waals surface area contributed by atoms with E-state index in [9.17, 15) is 9.59 Å². The van der Waals surface area contributed by atoms with Gasteiger partial charge in [-0.3, -0.25) is 9.59 Å². The van der Waals surface area contributed by atoms with Crippen LogP contribution in [0.15, 0.2) is 42.5 Å². The standard InChI is InChI=1S/C17H14Cl2N2O2/c18-10-3-1-9(2-4-10)12-8-13(12)17(23)21-11-5-6-15(19)14(7-11)16(20)22/h1-7,12-13H,8H2,(H2,20,22)(H,21,23)/t12-,13-/m0/s1. The Kier molecular flexibility index (Phi) is 4.28. The van der Waals surface area contributed by atoms with E-state index in [1.165, 1.54) is 6.07 Å². The molecule has 0 saturated heterocycles. The fraction of sp³-hybridized carbons (Fsp3) is 0.176. The molecule has 1 aliphatic carbocycles. The summed E-state index contributed by atoms with van der Waals surface area (Å²) in [5, 5.41) is 3.75. The first-order chi connectivity index (χ1) is 11.0. The minimum atomic E-state index is -0.628. The van der Waals surface area contributed by atoms with Crippen molar-refractivity contribution in [1.82, 2.24) is 0 Å².